The third-order valence-electron chi connectivity index (χ3n) is 3.14. The lowest BCUT2D eigenvalue weighted by molar-refractivity contribution is -0.121. The van der Waals surface area contributed by atoms with Crippen molar-refractivity contribution in [3.05, 3.63) is 24.0 Å². The minimum atomic E-state index is -0.372. The lowest BCUT2D eigenvalue weighted by Gasteiger charge is -2.07. The Labute approximate surface area is 107 Å². The normalized spacial score (nSPS) is 16.6. The molecule has 1 atom stereocenters. The first-order chi connectivity index (χ1) is 8.70. The molecule has 0 aliphatic heterocycles. The molecule has 1 aromatic rings. The number of aliphatic hydroxyl groups is 1. The molecule has 2 N–H and O–H groups in total. The number of nitrogens with one attached hydrogen (secondary N) is 1. The van der Waals surface area contributed by atoms with Crippen molar-refractivity contribution in [3.63, 3.8) is 0 Å². The summed E-state index contributed by atoms with van der Waals surface area (Å²) in [5.41, 5.74) is 0.905. The first kappa shape index (κ1) is 13.1. The quantitative estimate of drug-likeness (QED) is 0.702. The second-order valence-corrected chi connectivity index (χ2v) is 4.74. The van der Waals surface area contributed by atoms with Crippen LogP contribution in [0.4, 0.5) is 0 Å². The van der Waals surface area contributed by atoms with Gasteiger partial charge in [-0.15, -0.1) is 0 Å². The molecule has 1 unspecified atom stereocenters. The molecule has 5 nitrogen and oxygen atoms in total. The zero-order chi connectivity index (χ0) is 13.0. The summed E-state index contributed by atoms with van der Waals surface area (Å²) in [5.74, 6) is 0.367. The maximum Gasteiger partial charge on any atom is 0.239 e. The highest BCUT2D eigenvalue weighted by Gasteiger charge is 2.31. The number of aromatic nitrogens is 1. The maximum absolute atomic E-state index is 11.6. The number of aliphatic hydroxyl groups excluding tert-OH is 1. The highest BCUT2D eigenvalue weighted by molar-refractivity contribution is 5.75. The zero-order valence-corrected chi connectivity index (χ0v) is 10.6. The van der Waals surface area contributed by atoms with Crippen LogP contribution in [-0.4, -0.2) is 35.8 Å². The van der Waals surface area contributed by atoms with Crippen LogP contribution >= 0.6 is 0 Å². The van der Waals surface area contributed by atoms with Crippen molar-refractivity contribution in [1.82, 2.24) is 9.88 Å². The summed E-state index contributed by atoms with van der Waals surface area (Å²) < 4.78 is 6.65. The van der Waals surface area contributed by atoms with Crippen molar-refractivity contribution in [1.29, 1.82) is 0 Å². The molecular formula is C13H20N2O3. The van der Waals surface area contributed by atoms with Gasteiger partial charge >= 0.3 is 0 Å². The molecule has 1 amide bonds. The Bertz CT molecular complexity index is 399. The molecule has 0 saturated heterocycles. The first-order valence-corrected chi connectivity index (χ1v) is 6.30. The fourth-order valence-electron chi connectivity index (χ4n) is 1.93. The van der Waals surface area contributed by atoms with Crippen LogP contribution in [0.5, 0.6) is 0 Å². The van der Waals surface area contributed by atoms with Gasteiger partial charge in [-0.3, -0.25) is 4.79 Å². The summed E-state index contributed by atoms with van der Waals surface area (Å²) in [7, 11) is 1.60. The van der Waals surface area contributed by atoms with Crippen molar-refractivity contribution in [2.24, 2.45) is 5.92 Å². The van der Waals surface area contributed by atoms with E-state index in [1.54, 1.807) is 11.7 Å². The van der Waals surface area contributed by atoms with Gasteiger partial charge < -0.3 is 19.7 Å². The molecule has 1 aliphatic carbocycles. The van der Waals surface area contributed by atoms with Crippen LogP contribution in [0.1, 0.15) is 24.5 Å². The van der Waals surface area contributed by atoms with E-state index in [-0.39, 0.29) is 18.6 Å². The van der Waals surface area contributed by atoms with Crippen molar-refractivity contribution in [2.75, 3.05) is 20.3 Å². The van der Waals surface area contributed by atoms with E-state index in [0.29, 0.717) is 19.1 Å². The summed E-state index contributed by atoms with van der Waals surface area (Å²) in [6, 6.07) is 1.88. The van der Waals surface area contributed by atoms with Crippen LogP contribution < -0.4 is 5.32 Å². The fourth-order valence-corrected chi connectivity index (χ4v) is 1.93. The van der Waals surface area contributed by atoms with Gasteiger partial charge in [0.2, 0.25) is 5.91 Å². The minimum absolute atomic E-state index is 0.0462. The van der Waals surface area contributed by atoms with Crippen LogP contribution in [0.15, 0.2) is 18.5 Å². The molecule has 100 valence electrons. The fraction of sp³-hybridized carbons (Fsp3) is 0.615. The van der Waals surface area contributed by atoms with Crippen LogP contribution in [-0.2, 0) is 16.1 Å². The number of hydrogen-bond acceptors (Lipinski definition) is 3. The molecule has 18 heavy (non-hydrogen) atoms. The van der Waals surface area contributed by atoms with Crippen molar-refractivity contribution < 1.29 is 14.6 Å². The van der Waals surface area contributed by atoms with Gasteiger partial charge in [0, 0.05) is 26.0 Å². The first-order valence-electron chi connectivity index (χ1n) is 6.30. The molecule has 0 spiro atoms. The van der Waals surface area contributed by atoms with Gasteiger partial charge in [0.15, 0.2) is 0 Å². The third-order valence-corrected chi connectivity index (χ3v) is 3.14. The monoisotopic (exact) mass is 252 g/mol. The lowest BCUT2D eigenvalue weighted by Crippen LogP contribution is -2.30. The summed E-state index contributed by atoms with van der Waals surface area (Å²) >= 11 is 0. The summed E-state index contributed by atoms with van der Waals surface area (Å²) in [5, 5.41) is 12.7. The summed E-state index contributed by atoms with van der Waals surface area (Å²) in [6.07, 6.45) is 5.51. The van der Waals surface area contributed by atoms with Crippen molar-refractivity contribution in [2.45, 2.75) is 25.5 Å². The van der Waals surface area contributed by atoms with Gasteiger partial charge in [-0.25, -0.2) is 0 Å². The van der Waals surface area contributed by atoms with Gasteiger partial charge in [0.05, 0.1) is 12.7 Å². The Morgan fingerprint density at radius 2 is 2.44 bits per heavy atom. The van der Waals surface area contributed by atoms with Gasteiger partial charge in [-0.1, -0.05) is 0 Å². The van der Waals surface area contributed by atoms with E-state index < -0.39 is 0 Å². The molecule has 1 aromatic heterocycles. The Morgan fingerprint density at radius 3 is 3.11 bits per heavy atom. The van der Waals surface area contributed by atoms with Crippen LogP contribution in [0, 0.1) is 5.92 Å². The van der Waals surface area contributed by atoms with E-state index in [1.807, 2.05) is 18.5 Å². The molecule has 1 fully saturated rings. The molecule has 5 heteroatoms. The smallest absolute Gasteiger partial charge is 0.239 e. The molecule has 1 saturated carbocycles. The number of ether oxygens (including phenoxy) is 1. The van der Waals surface area contributed by atoms with E-state index in [4.69, 9.17) is 4.74 Å². The maximum atomic E-state index is 11.6. The van der Waals surface area contributed by atoms with Crippen LogP contribution in [0.25, 0.3) is 0 Å². The van der Waals surface area contributed by atoms with E-state index in [0.717, 1.165) is 18.4 Å². The molecule has 0 aromatic carbocycles. The average Bonchev–Trinajstić information content (AvgIpc) is 3.10. The van der Waals surface area contributed by atoms with Gasteiger partial charge in [0.1, 0.15) is 6.54 Å². The van der Waals surface area contributed by atoms with E-state index >= 15 is 0 Å². The van der Waals surface area contributed by atoms with Gasteiger partial charge in [-0.2, -0.15) is 0 Å². The number of rotatable bonds is 7. The highest BCUT2D eigenvalue weighted by Crippen LogP contribution is 2.40. The lowest BCUT2D eigenvalue weighted by atomic mass is 10.1. The predicted molar refractivity (Wildman–Crippen MR) is 67.0 cm³/mol. The molecular weight excluding hydrogens is 232 g/mol. The van der Waals surface area contributed by atoms with Crippen LogP contribution in [0.3, 0.4) is 0 Å². The van der Waals surface area contributed by atoms with Crippen LogP contribution in [0.2, 0.25) is 0 Å². The van der Waals surface area contributed by atoms with Gasteiger partial charge in [0.25, 0.3) is 0 Å². The average molecular weight is 252 g/mol. The van der Waals surface area contributed by atoms with E-state index in [1.165, 1.54) is 0 Å². The third kappa shape index (κ3) is 3.58. The summed E-state index contributed by atoms with van der Waals surface area (Å²) in [6.45, 7) is 1.32. The summed E-state index contributed by atoms with van der Waals surface area (Å²) in [4.78, 5) is 11.6. The topological polar surface area (TPSA) is 63.5 Å². The standard InChI is InChI=1S/C13H20N2O3/c1-18-7-5-14-12(16)9-15-6-4-11(8-15)13(17)10-2-3-10/h4,6,8,10,13,17H,2-3,5,7,9H2,1H3,(H,14,16). The van der Waals surface area contributed by atoms with Gasteiger partial charge in [-0.05, 0) is 30.4 Å². The number of nitrogens with zero attached hydrogens (tertiary/aromatic N) is 1. The SMILES string of the molecule is COCCNC(=O)Cn1ccc(C(O)C2CC2)c1. The molecule has 1 heterocycles. The molecule has 0 bridgehead atoms. The van der Waals surface area contributed by atoms with Crippen molar-refractivity contribution in [3.8, 4) is 0 Å². The second kappa shape index (κ2) is 6.02. The van der Waals surface area contributed by atoms with E-state index in [9.17, 15) is 9.90 Å². The molecule has 0 radical (unpaired) electrons. The Hall–Kier alpha value is -1.33. The Balaban J connectivity index is 1.80. The Morgan fingerprint density at radius 1 is 1.67 bits per heavy atom. The molecule has 1 aliphatic rings. The number of amides is 1. The minimum Gasteiger partial charge on any atom is -0.388 e. The number of carbonyl (C=O) groups excluding carboxylic acids is 1. The van der Waals surface area contributed by atoms with E-state index in [2.05, 4.69) is 5.32 Å². The number of hydrogen-bond donors (Lipinski definition) is 2. The Kier molecular flexibility index (Phi) is 4.38. The largest absolute Gasteiger partial charge is 0.388 e. The zero-order valence-electron chi connectivity index (χ0n) is 10.6. The predicted octanol–water partition coefficient (Wildman–Crippen LogP) is 0.694. The van der Waals surface area contributed by atoms with Crippen molar-refractivity contribution >= 4 is 5.91 Å². The number of carbonyl (C=O) groups is 1. The second-order valence-electron chi connectivity index (χ2n) is 4.74. The highest BCUT2D eigenvalue weighted by atomic mass is 16.5. The molecule has 2 rings (SSSR count). The number of methoxy groups -OCH3 is 1.